The summed E-state index contributed by atoms with van der Waals surface area (Å²) in [4.78, 5) is 27.4. The molecule has 0 bridgehead atoms. The molecular formula is C18H21FN2O3. The van der Waals surface area contributed by atoms with E-state index in [9.17, 15) is 14.0 Å². The molecule has 0 spiro atoms. The van der Waals surface area contributed by atoms with E-state index >= 15 is 0 Å². The van der Waals surface area contributed by atoms with Gasteiger partial charge in [-0.1, -0.05) is 25.1 Å². The number of aryl methyl sites for hydroxylation is 1. The highest BCUT2D eigenvalue weighted by molar-refractivity contribution is 6.00. The first-order chi connectivity index (χ1) is 11.4. The van der Waals surface area contributed by atoms with E-state index in [1.54, 1.807) is 32.0 Å². The number of carbonyl (C=O) groups excluding carboxylic acids is 2. The van der Waals surface area contributed by atoms with Crippen molar-refractivity contribution >= 4 is 11.9 Å². The Hall–Kier alpha value is -2.63. The van der Waals surface area contributed by atoms with Crippen LogP contribution in [0.15, 0.2) is 24.3 Å². The maximum absolute atomic E-state index is 13.8. The second kappa shape index (κ2) is 7.29. The fraction of sp³-hybridized carbons (Fsp3) is 0.333. The van der Waals surface area contributed by atoms with E-state index in [0.717, 1.165) is 0 Å². The molecule has 6 heteroatoms. The van der Waals surface area contributed by atoms with Gasteiger partial charge in [0, 0.05) is 11.3 Å². The zero-order chi connectivity index (χ0) is 17.9. The minimum absolute atomic E-state index is 0.287. The van der Waals surface area contributed by atoms with Gasteiger partial charge in [-0.25, -0.2) is 9.18 Å². The first-order valence-electron chi connectivity index (χ1n) is 7.75. The van der Waals surface area contributed by atoms with Crippen LogP contribution in [0.5, 0.6) is 0 Å². The Morgan fingerprint density at radius 3 is 2.58 bits per heavy atom. The van der Waals surface area contributed by atoms with Crippen LogP contribution in [0.4, 0.5) is 4.39 Å². The molecule has 1 amide bonds. The number of esters is 1. The number of hydrogen-bond donors (Lipinski definition) is 2. The maximum Gasteiger partial charge on any atom is 0.339 e. The van der Waals surface area contributed by atoms with E-state index in [4.69, 9.17) is 4.74 Å². The van der Waals surface area contributed by atoms with Crippen LogP contribution >= 0.6 is 0 Å². The summed E-state index contributed by atoms with van der Waals surface area (Å²) in [6.07, 6.45) is 0.557. The number of methoxy groups -OCH3 is 1. The Bertz CT molecular complexity index is 768. The third kappa shape index (κ3) is 3.32. The molecule has 0 aliphatic carbocycles. The fourth-order valence-corrected chi connectivity index (χ4v) is 2.70. The predicted octanol–water partition coefficient (Wildman–Crippen LogP) is 3.30. The van der Waals surface area contributed by atoms with Gasteiger partial charge < -0.3 is 15.0 Å². The van der Waals surface area contributed by atoms with E-state index in [1.807, 2.05) is 6.92 Å². The van der Waals surface area contributed by atoms with Gasteiger partial charge in [-0.05, 0) is 31.9 Å². The fourth-order valence-electron chi connectivity index (χ4n) is 2.70. The lowest BCUT2D eigenvalue weighted by Gasteiger charge is -2.15. The molecule has 0 saturated heterocycles. The minimum atomic E-state index is -0.506. The minimum Gasteiger partial charge on any atom is -0.465 e. The molecule has 0 unspecified atom stereocenters. The summed E-state index contributed by atoms with van der Waals surface area (Å²) >= 11 is 0. The standard InChI is InChI=1S/C18H21FN2O3/c1-5-14-15(18(23)24-4)10(2)16(21-14)17(22)20-11(3)12-8-6-7-9-13(12)19/h6-9,11,21H,5H2,1-4H3,(H,20,22)/t11-/m0/s1. The molecule has 0 fully saturated rings. The summed E-state index contributed by atoms with van der Waals surface area (Å²) in [7, 11) is 1.30. The number of hydrogen-bond acceptors (Lipinski definition) is 3. The average Bonchev–Trinajstić information content (AvgIpc) is 2.91. The summed E-state index contributed by atoms with van der Waals surface area (Å²) in [5, 5.41) is 2.75. The van der Waals surface area contributed by atoms with Crippen LogP contribution in [0.2, 0.25) is 0 Å². The lowest BCUT2D eigenvalue weighted by atomic mass is 10.1. The van der Waals surface area contributed by atoms with E-state index in [1.165, 1.54) is 13.2 Å². The number of ether oxygens (including phenoxy) is 1. The number of aromatic nitrogens is 1. The molecule has 1 heterocycles. The molecule has 24 heavy (non-hydrogen) atoms. The largest absolute Gasteiger partial charge is 0.465 e. The molecular weight excluding hydrogens is 311 g/mol. The third-order valence-corrected chi connectivity index (χ3v) is 4.02. The van der Waals surface area contributed by atoms with Gasteiger partial charge in [0.05, 0.1) is 18.7 Å². The molecule has 2 aromatic rings. The summed E-state index contributed by atoms with van der Waals surface area (Å²) in [5.74, 6) is -1.26. The van der Waals surface area contributed by atoms with E-state index in [2.05, 4.69) is 10.3 Å². The van der Waals surface area contributed by atoms with Crippen LogP contribution in [0, 0.1) is 12.7 Å². The van der Waals surface area contributed by atoms with Gasteiger partial charge in [0.25, 0.3) is 5.91 Å². The van der Waals surface area contributed by atoms with Crippen LogP contribution in [-0.2, 0) is 11.2 Å². The lowest BCUT2D eigenvalue weighted by Crippen LogP contribution is -2.28. The molecule has 0 saturated carbocycles. The van der Waals surface area contributed by atoms with Crippen molar-refractivity contribution in [1.29, 1.82) is 0 Å². The maximum atomic E-state index is 13.8. The average molecular weight is 332 g/mol. The number of carbonyl (C=O) groups is 2. The molecule has 1 atom stereocenters. The quantitative estimate of drug-likeness (QED) is 0.825. The summed E-state index contributed by atoms with van der Waals surface area (Å²) in [6, 6.07) is 5.78. The first-order valence-corrected chi connectivity index (χ1v) is 7.75. The first kappa shape index (κ1) is 17.7. The molecule has 0 radical (unpaired) electrons. The van der Waals surface area contributed by atoms with Gasteiger partial charge in [0.15, 0.2) is 0 Å². The van der Waals surface area contributed by atoms with Crippen molar-refractivity contribution in [3.63, 3.8) is 0 Å². The van der Waals surface area contributed by atoms with Gasteiger partial charge in [0.2, 0.25) is 0 Å². The molecule has 0 aliphatic rings. The number of aromatic amines is 1. The zero-order valence-electron chi connectivity index (χ0n) is 14.2. The Morgan fingerprint density at radius 1 is 1.33 bits per heavy atom. The van der Waals surface area contributed by atoms with Crippen molar-refractivity contribution in [2.45, 2.75) is 33.2 Å². The molecule has 0 aliphatic heterocycles. The van der Waals surface area contributed by atoms with Crippen LogP contribution in [0.3, 0.4) is 0 Å². The van der Waals surface area contributed by atoms with E-state index < -0.39 is 17.9 Å². The molecule has 1 aromatic heterocycles. The summed E-state index contributed by atoms with van der Waals surface area (Å²) in [5.41, 5.74) is 2.23. The Morgan fingerprint density at radius 2 is 2.00 bits per heavy atom. The highest BCUT2D eigenvalue weighted by atomic mass is 19.1. The van der Waals surface area contributed by atoms with Crippen molar-refractivity contribution in [3.05, 3.63) is 58.2 Å². The number of amides is 1. The van der Waals surface area contributed by atoms with E-state index in [-0.39, 0.29) is 11.5 Å². The van der Waals surface area contributed by atoms with Gasteiger partial charge in [-0.3, -0.25) is 4.79 Å². The highest BCUT2D eigenvalue weighted by Crippen LogP contribution is 2.22. The smallest absolute Gasteiger partial charge is 0.339 e. The number of rotatable bonds is 5. The van der Waals surface area contributed by atoms with Crippen molar-refractivity contribution in [3.8, 4) is 0 Å². The Balaban J connectivity index is 2.29. The van der Waals surface area contributed by atoms with Crippen LogP contribution in [-0.4, -0.2) is 24.0 Å². The van der Waals surface area contributed by atoms with Crippen molar-refractivity contribution in [2.24, 2.45) is 0 Å². The third-order valence-electron chi connectivity index (χ3n) is 4.02. The topological polar surface area (TPSA) is 71.2 Å². The predicted molar refractivity (Wildman–Crippen MR) is 88.5 cm³/mol. The van der Waals surface area contributed by atoms with Gasteiger partial charge in [-0.15, -0.1) is 0 Å². The van der Waals surface area contributed by atoms with Gasteiger partial charge in [0.1, 0.15) is 11.5 Å². The summed E-state index contributed by atoms with van der Waals surface area (Å²) < 4.78 is 18.6. The zero-order valence-corrected chi connectivity index (χ0v) is 14.2. The second-order valence-electron chi connectivity index (χ2n) is 5.54. The van der Waals surface area contributed by atoms with E-state index in [0.29, 0.717) is 28.8 Å². The van der Waals surface area contributed by atoms with Crippen molar-refractivity contribution in [2.75, 3.05) is 7.11 Å². The monoisotopic (exact) mass is 332 g/mol. The number of H-pyrrole nitrogens is 1. The molecule has 2 rings (SSSR count). The lowest BCUT2D eigenvalue weighted by molar-refractivity contribution is 0.0599. The Labute approximate surface area is 140 Å². The van der Waals surface area contributed by atoms with Crippen LogP contribution in [0.1, 0.15) is 57.6 Å². The number of halogens is 1. The SMILES string of the molecule is CCc1[nH]c(C(=O)N[C@@H](C)c2ccccc2F)c(C)c1C(=O)OC. The van der Waals surface area contributed by atoms with Crippen LogP contribution in [0.25, 0.3) is 0 Å². The Kier molecular flexibility index (Phi) is 5.39. The summed E-state index contributed by atoms with van der Waals surface area (Å²) in [6.45, 7) is 5.27. The normalized spacial score (nSPS) is 11.9. The van der Waals surface area contributed by atoms with Crippen LogP contribution < -0.4 is 5.32 Å². The highest BCUT2D eigenvalue weighted by Gasteiger charge is 2.24. The van der Waals surface area contributed by atoms with Crippen molar-refractivity contribution < 1.29 is 18.7 Å². The molecule has 2 N–H and O–H groups in total. The molecule has 128 valence electrons. The number of benzene rings is 1. The van der Waals surface area contributed by atoms with Gasteiger partial charge in [-0.2, -0.15) is 0 Å². The number of nitrogens with one attached hydrogen (secondary N) is 2. The molecule has 5 nitrogen and oxygen atoms in total. The second-order valence-corrected chi connectivity index (χ2v) is 5.54. The van der Waals surface area contributed by atoms with Crippen molar-refractivity contribution in [1.82, 2.24) is 10.3 Å². The molecule has 1 aromatic carbocycles. The van der Waals surface area contributed by atoms with Gasteiger partial charge >= 0.3 is 5.97 Å².